The zero-order valence-corrected chi connectivity index (χ0v) is 17.2. The van der Waals surface area contributed by atoms with Gasteiger partial charge in [0.15, 0.2) is 0 Å². The SMILES string of the molecule is C[C@@]12Cc3cnc(N=[N+]=[N-])nc3C[C@H]1CC[C@H]1[C@H]2CC[C@]2(C)[C@@H]1CC[C@@]2(C)O. The molecule has 150 valence electrons. The molecule has 0 aliphatic heterocycles. The van der Waals surface area contributed by atoms with Crippen molar-refractivity contribution in [3.8, 4) is 0 Å². The van der Waals surface area contributed by atoms with Crippen LogP contribution in [-0.4, -0.2) is 20.7 Å². The summed E-state index contributed by atoms with van der Waals surface area (Å²) in [5.74, 6) is 3.01. The van der Waals surface area contributed by atoms with Gasteiger partial charge in [-0.15, -0.1) is 0 Å². The van der Waals surface area contributed by atoms with Crippen molar-refractivity contribution in [2.24, 2.45) is 39.6 Å². The first kappa shape index (κ1) is 18.4. The molecule has 0 aromatic carbocycles. The fourth-order valence-electron chi connectivity index (χ4n) is 7.88. The largest absolute Gasteiger partial charge is 0.390 e. The standard InChI is InChI=1S/C22H31N5O/c1-20-11-13-12-24-19(26-27-23)25-18(13)10-14(20)4-5-15-16(20)6-8-21(2)17(15)7-9-22(21,3)28/h12,14-17,28H,4-11H2,1-3H3/t14-,15+,16-,17-,20-,21-,22-/m1/s1. The molecule has 1 N–H and O–H groups in total. The summed E-state index contributed by atoms with van der Waals surface area (Å²) < 4.78 is 0. The van der Waals surface area contributed by atoms with Crippen molar-refractivity contribution in [3.63, 3.8) is 0 Å². The average Bonchev–Trinajstić information content (AvgIpc) is 2.90. The summed E-state index contributed by atoms with van der Waals surface area (Å²) in [4.78, 5) is 11.7. The molecule has 4 aliphatic carbocycles. The van der Waals surface area contributed by atoms with Crippen molar-refractivity contribution in [1.82, 2.24) is 9.97 Å². The van der Waals surface area contributed by atoms with Crippen LogP contribution >= 0.6 is 0 Å². The quantitative estimate of drug-likeness (QED) is 0.415. The third-order valence-corrected chi connectivity index (χ3v) is 9.71. The third-order valence-electron chi connectivity index (χ3n) is 9.71. The first-order chi connectivity index (χ1) is 13.3. The fourth-order valence-corrected chi connectivity index (χ4v) is 7.88. The molecule has 28 heavy (non-hydrogen) atoms. The Morgan fingerprint density at radius 1 is 1.14 bits per heavy atom. The van der Waals surface area contributed by atoms with E-state index >= 15 is 0 Å². The molecule has 3 fully saturated rings. The maximum absolute atomic E-state index is 11.1. The zero-order chi connectivity index (χ0) is 19.7. The summed E-state index contributed by atoms with van der Waals surface area (Å²) in [6.07, 6.45) is 10.9. The van der Waals surface area contributed by atoms with Gasteiger partial charge in [-0.25, -0.2) is 9.97 Å². The van der Waals surface area contributed by atoms with Crippen LogP contribution in [0.1, 0.15) is 70.6 Å². The zero-order valence-electron chi connectivity index (χ0n) is 17.2. The second-order valence-corrected chi connectivity index (χ2v) is 10.6. The van der Waals surface area contributed by atoms with Gasteiger partial charge in [0.1, 0.15) is 0 Å². The molecule has 0 unspecified atom stereocenters. The van der Waals surface area contributed by atoms with Crippen LogP contribution in [0.15, 0.2) is 11.3 Å². The van der Waals surface area contributed by atoms with E-state index in [1.54, 1.807) is 0 Å². The monoisotopic (exact) mass is 381 g/mol. The number of hydrogen-bond donors (Lipinski definition) is 1. The fraction of sp³-hybridized carbons (Fsp3) is 0.818. The summed E-state index contributed by atoms with van der Waals surface area (Å²) in [6, 6.07) is 0. The topological polar surface area (TPSA) is 94.8 Å². The molecule has 1 aromatic rings. The lowest BCUT2D eigenvalue weighted by Gasteiger charge is -2.61. The van der Waals surface area contributed by atoms with Gasteiger partial charge in [0.2, 0.25) is 5.95 Å². The molecule has 7 atom stereocenters. The van der Waals surface area contributed by atoms with Crippen LogP contribution in [-0.2, 0) is 12.8 Å². The summed E-state index contributed by atoms with van der Waals surface area (Å²) in [6.45, 7) is 6.95. The van der Waals surface area contributed by atoms with Gasteiger partial charge in [-0.3, -0.25) is 0 Å². The average molecular weight is 382 g/mol. The number of fused-ring (bicyclic) bond motifs is 6. The minimum Gasteiger partial charge on any atom is -0.390 e. The van der Waals surface area contributed by atoms with Gasteiger partial charge >= 0.3 is 0 Å². The molecule has 4 aliphatic rings. The van der Waals surface area contributed by atoms with Crippen molar-refractivity contribution >= 4 is 5.95 Å². The number of aromatic nitrogens is 2. The molecule has 3 saturated carbocycles. The lowest BCUT2D eigenvalue weighted by atomic mass is 9.44. The van der Waals surface area contributed by atoms with Gasteiger partial charge in [-0.2, -0.15) is 0 Å². The van der Waals surface area contributed by atoms with Crippen molar-refractivity contribution in [1.29, 1.82) is 0 Å². The number of rotatable bonds is 1. The van der Waals surface area contributed by atoms with E-state index in [4.69, 9.17) is 5.53 Å². The predicted octanol–water partition coefficient (Wildman–Crippen LogP) is 5.13. The molecule has 0 amide bonds. The van der Waals surface area contributed by atoms with Crippen LogP contribution in [0, 0.1) is 34.5 Å². The minimum atomic E-state index is -0.509. The molecular weight excluding hydrogens is 350 g/mol. The van der Waals surface area contributed by atoms with E-state index in [-0.39, 0.29) is 16.8 Å². The van der Waals surface area contributed by atoms with Gasteiger partial charge in [0.05, 0.1) is 5.60 Å². The predicted molar refractivity (Wildman–Crippen MR) is 107 cm³/mol. The number of azide groups is 1. The lowest BCUT2D eigenvalue weighted by molar-refractivity contribution is -0.139. The highest BCUT2D eigenvalue weighted by molar-refractivity contribution is 5.30. The molecule has 5 rings (SSSR count). The highest BCUT2D eigenvalue weighted by atomic mass is 16.3. The van der Waals surface area contributed by atoms with Crippen LogP contribution in [0.4, 0.5) is 5.95 Å². The molecule has 0 spiro atoms. The van der Waals surface area contributed by atoms with E-state index in [9.17, 15) is 5.11 Å². The summed E-state index contributed by atoms with van der Waals surface area (Å²) >= 11 is 0. The van der Waals surface area contributed by atoms with Gasteiger partial charge in [-0.05, 0) is 109 Å². The smallest absolute Gasteiger partial charge is 0.216 e. The normalized spacial score (nSPS) is 46.6. The van der Waals surface area contributed by atoms with E-state index in [1.165, 1.54) is 31.2 Å². The Morgan fingerprint density at radius 3 is 2.71 bits per heavy atom. The van der Waals surface area contributed by atoms with Crippen molar-refractivity contribution in [3.05, 3.63) is 27.9 Å². The molecule has 0 bridgehead atoms. The summed E-state index contributed by atoms with van der Waals surface area (Å²) in [5, 5.41) is 14.7. The van der Waals surface area contributed by atoms with E-state index < -0.39 is 5.60 Å². The first-order valence-corrected chi connectivity index (χ1v) is 10.9. The van der Waals surface area contributed by atoms with Crippen molar-refractivity contribution in [2.75, 3.05) is 0 Å². The van der Waals surface area contributed by atoms with Crippen molar-refractivity contribution in [2.45, 2.75) is 77.7 Å². The Balaban J connectivity index is 1.48. The Hall–Kier alpha value is -1.65. The number of hydrogen-bond acceptors (Lipinski definition) is 4. The van der Waals surface area contributed by atoms with Crippen LogP contribution < -0.4 is 0 Å². The second kappa shape index (κ2) is 5.93. The lowest BCUT2D eigenvalue weighted by Crippen LogP contribution is -2.56. The maximum Gasteiger partial charge on any atom is 0.216 e. The highest BCUT2D eigenvalue weighted by Gasteiger charge is 2.63. The van der Waals surface area contributed by atoms with E-state index in [2.05, 4.69) is 40.8 Å². The van der Waals surface area contributed by atoms with Gasteiger partial charge in [-0.1, -0.05) is 13.8 Å². The van der Waals surface area contributed by atoms with Crippen molar-refractivity contribution < 1.29 is 5.11 Å². The maximum atomic E-state index is 11.1. The van der Waals surface area contributed by atoms with Gasteiger partial charge in [0.25, 0.3) is 0 Å². The van der Waals surface area contributed by atoms with E-state index in [0.717, 1.165) is 43.2 Å². The number of nitrogens with zero attached hydrogens (tertiary/aromatic N) is 5. The number of aliphatic hydroxyl groups is 1. The van der Waals surface area contributed by atoms with E-state index in [1.807, 2.05) is 6.20 Å². The Morgan fingerprint density at radius 2 is 1.93 bits per heavy atom. The van der Waals surface area contributed by atoms with Crippen LogP contribution in [0.25, 0.3) is 10.4 Å². The van der Waals surface area contributed by atoms with E-state index in [0.29, 0.717) is 11.8 Å². The molecule has 0 saturated heterocycles. The summed E-state index contributed by atoms with van der Waals surface area (Å²) in [7, 11) is 0. The first-order valence-electron chi connectivity index (χ1n) is 10.9. The Kier molecular flexibility index (Phi) is 3.89. The second-order valence-electron chi connectivity index (χ2n) is 10.6. The Bertz CT molecular complexity index is 862. The molecule has 6 heteroatoms. The van der Waals surface area contributed by atoms with Crippen LogP contribution in [0.2, 0.25) is 0 Å². The summed E-state index contributed by atoms with van der Waals surface area (Å²) in [5.41, 5.74) is 10.9. The van der Waals surface area contributed by atoms with Crippen LogP contribution in [0.5, 0.6) is 0 Å². The molecule has 1 aromatic heterocycles. The third kappa shape index (κ3) is 2.34. The minimum absolute atomic E-state index is 0.0806. The molecule has 1 heterocycles. The van der Waals surface area contributed by atoms with Gasteiger partial charge in [0, 0.05) is 16.8 Å². The highest BCUT2D eigenvalue weighted by Crippen LogP contribution is 2.67. The molecule has 6 nitrogen and oxygen atoms in total. The molecular formula is C22H31N5O. The van der Waals surface area contributed by atoms with Gasteiger partial charge < -0.3 is 5.11 Å². The Labute approximate surface area is 166 Å². The van der Waals surface area contributed by atoms with Crippen LogP contribution in [0.3, 0.4) is 0 Å². The molecule has 0 radical (unpaired) electrons.